The van der Waals surface area contributed by atoms with Gasteiger partial charge in [-0.3, -0.25) is 4.90 Å². The number of hydrogen-bond acceptors (Lipinski definition) is 2. The van der Waals surface area contributed by atoms with E-state index in [1.165, 1.54) is 22.1 Å². The Bertz CT molecular complexity index is 856. The Balaban J connectivity index is 0.00000243. The summed E-state index contributed by atoms with van der Waals surface area (Å²) in [6.45, 7) is 8.51. The molecular formula is C23H28ClNO. The van der Waals surface area contributed by atoms with Gasteiger partial charge in [-0.1, -0.05) is 75.4 Å². The number of hydrogen-bond donors (Lipinski definition) is 0. The van der Waals surface area contributed by atoms with Crippen LogP contribution in [0.4, 0.5) is 0 Å². The second-order valence-corrected chi connectivity index (χ2v) is 7.73. The zero-order chi connectivity index (χ0) is 17.9. The molecule has 3 heteroatoms. The summed E-state index contributed by atoms with van der Waals surface area (Å²) in [5, 5.41) is 1.20. The van der Waals surface area contributed by atoms with Gasteiger partial charge in [0, 0.05) is 24.0 Å². The number of nitrogens with zero attached hydrogens (tertiary/aromatic N) is 1. The van der Waals surface area contributed by atoms with Crippen LogP contribution in [0.3, 0.4) is 0 Å². The van der Waals surface area contributed by atoms with Crippen molar-refractivity contribution in [2.75, 3.05) is 13.6 Å². The van der Waals surface area contributed by atoms with Crippen molar-refractivity contribution in [3.05, 3.63) is 77.6 Å². The van der Waals surface area contributed by atoms with Gasteiger partial charge in [-0.05, 0) is 29.7 Å². The fourth-order valence-corrected chi connectivity index (χ4v) is 2.97. The highest BCUT2D eigenvalue weighted by Crippen LogP contribution is 2.23. The van der Waals surface area contributed by atoms with Gasteiger partial charge in [-0.15, -0.1) is 12.4 Å². The third-order valence-corrected chi connectivity index (χ3v) is 4.51. The number of rotatable bonds is 5. The minimum Gasteiger partial charge on any atom is -0.464 e. The molecular weight excluding hydrogens is 342 g/mol. The number of fused-ring (bicyclic) bond motifs is 1. The van der Waals surface area contributed by atoms with Gasteiger partial charge in [0.05, 0.1) is 6.26 Å². The first-order chi connectivity index (χ1) is 11.9. The van der Waals surface area contributed by atoms with Crippen molar-refractivity contribution in [1.82, 2.24) is 4.90 Å². The average molecular weight is 370 g/mol. The minimum absolute atomic E-state index is 0. The highest BCUT2D eigenvalue weighted by Gasteiger charge is 2.12. The lowest BCUT2D eigenvalue weighted by Crippen LogP contribution is -2.17. The maximum Gasteiger partial charge on any atom is 0.134 e. The van der Waals surface area contributed by atoms with Crippen molar-refractivity contribution in [1.29, 1.82) is 0 Å². The van der Waals surface area contributed by atoms with Crippen LogP contribution in [-0.2, 0) is 12.0 Å². The molecule has 0 unspecified atom stereocenters. The standard InChI is InChI=1S/C23H27NO.ClH/c1-23(2,3)20-13-11-18(12-14-20)8-7-15-24(4)16-19-17-25-22-10-6-5-9-21(19)22;/h5-14,17H,15-16H2,1-4H3;1H/b8-7+;. The lowest BCUT2D eigenvalue weighted by atomic mass is 9.87. The highest BCUT2D eigenvalue weighted by molar-refractivity contribution is 5.85. The summed E-state index contributed by atoms with van der Waals surface area (Å²) in [7, 11) is 2.13. The van der Waals surface area contributed by atoms with Gasteiger partial charge < -0.3 is 4.42 Å². The number of benzene rings is 2. The Labute approximate surface area is 162 Å². The van der Waals surface area contributed by atoms with E-state index >= 15 is 0 Å². The van der Waals surface area contributed by atoms with Gasteiger partial charge in [0.15, 0.2) is 0 Å². The molecule has 2 nitrogen and oxygen atoms in total. The Hall–Kier alpha value is -2.03. The van der Waals surface area contributed by atoms with E-state index in [1.807, 2.05) is 18.4 Å². The maximum atomic E-state index is 5.62. The molecule has 3 rings (SSSR count). The Morgan fingerprint density at radius 1 is 1.00 bits per heavy atom. The maximum absolute atomic E-state index is 5.62. The molecule has 0 atom stereocenters. The zero-order valence-electron chi connectivity index (χ0n) is 16.0. The molecule has 0 saturated heterocycles. The molecule has 1 heterocycles. The van der Waals surface area contributed by atoms with Crippen LogP contribution >= 0.6 is 12.4 Å². The average Bonchev–Trinajstić information content (AvgIpc) is 2.98. The number of furan rings is 1. The molecule has 1 aromatic heterocycles. The van der Waals surface area contributed by atoms with Crippen molar-refractivity contribution < 1.29 is 4.42 Å². The third kappa shape index (κ3) is 5.00. The van der Waals surface area contributed by atoms with Crippen LogP contribution < -0.4 is 0 Å². The molecule has 0 saturated carbocycles. The van der Waals surface area contributed by atoms with E-state index in [-0.39, 0.29) is 17.8 Å². The SMILES string of the molecule is CN(C/C=C/c1ccc(C(C)(C)C)cc1)Cc1coc2ccccc12.Cl. The van der Waals surface area contributed by atoms with Gasteiger partial charge in [-0.25, -0.2) is 0 Å². The minimum atomic E-state index is 0. The second kappa shape index (κ2) is 8.57. The van der Waals surface area contributed by atoms with E-state index in [9.17, 15) is 0 Å². The highest BCUT2D eigenvalue weighted by atomic mass is 35.5. The predicted molar refractivity (Wildman–Crippen MR) is 114 cm³/mol. The molecule has 2 aromatic carbocycles. The summed E-state index contributed by atoms with van der Waals surface area (Å²) in [6, 6.07) is 17.0. The molecule has 26 heavy (non-hydrogen) atoms. The number of halogens is 1. The molecule has 0 bridgehead atoms. The van der Waals surface area contributed by atoms with E-state index < -0.39 is 0 Å². The summed E-state index contributed by atoms with van der Waals surface area (Å²) < 4.78 is 5.62. The fourth-order valence-electron chi connectivity index (χ4n) is 2.97. The zero-order valence-corrected chi connectivity index (χ0v) is 16.8. The Morgan fingerprint density at radius 2 is 1.69 bits per heavy atom. The number of para-hydroxylation sites is 1. The van der Waals surface area contributed by atoms with Gasteiger partial charge in [-0.2, -0.15) is 0 Å². The van der Waals surface area contributed by atoms with E-state index in [4.69, 9.17) is 4.42 Å². The molecule has 0 aliphatic carbocycles. The van der Waals surface area contributed by atoms with Crippen molar-refractivity contribution >= 4 is 29.5 Å². The topological polar surface area (TPSA) is 16.4 Å². The van der Waals surface area contributed by atoms with Gasteiger partial charge in [0.25, 0.3) is 0 Å². The Morgan fingerprint density at radius 3 is 2.38 bits per heavy atom. The first-order valence-electron chi connectivity index (χ1n) is 8.84. The molecule has 0 N–H and O–H groups in total. The van der Waals surface area contributed by atoms with Crippen LogP contribution in [0.15, 0.2) is 65.3 Å². The smallest absolute Gasteiger partial charge is 0.134 e. The summed E-state index contributed by atoms with van der Waals surface area (Å²) in [6.07, 6.45) is 6.28. The van der Waals surface area contributed by atoms with Crippen LogP contribution in [0.2, 0.25) is 0 Å². The van der Waals surface area contributed by atoms with Crippen LogP contribution in [0.1, 0.15) is 37.5 Å². The molecule has 0 amide bonds. The van der Waals surface area contributed by atoms with Crippen LogP contribution in [0, 0.1) is 0 Å². The second-order valence-electron chi connectivity index (χ2n) is 7.73. The van der Waals surface area contributed by atoms with Crippen molar-refractivity contribution in [2.24, 2.45) is 0 Å². The summed E-state index contributed by atoms with van der Waals surface area (Å²) >= 11 is 0. The molecule has 3 aromatic rings. The van der Waals surface area contributed by atoms with Gasteiger partial charge >= 0.3 is 0 Å². The lowest BCUT2D eigenvalue weighted by Gasteiger charge is -2.18. The summed E-state index contributed by atoms with van der Waals surface area (Å²) in [5.74, 6) is 0. The monoisotopic (exact) mass is 369 g/mol. The molecule has 138 valence electrons. The Kier molecular flexibility index (Phi) is 6.69. The number of likely N-dealkylation sites (N-methyl/N-ethyl adjacent to an activating group) is 1. The molecule has 0 radical (unpaired) electrons. The summed E-state index contributed by atoms with van der Waals surface area (Å²) in [5.41, 5.74) is 5.01. The molecule has 0 aliphatic rings. The van der Waals surface area contributed by atoms with E-state index in [2.05, 4.69) is 81.3 Å². The molecule has 0 spiro atoms. The van der Waals surface area contributed by atoms with E-state index in [0.29, 0.717) is 0 Å². The van der Waals surface area contributed by atoms with Gasteiger partial charge in [0.2, 0.25) is 0 Å². The summed E-state index contributed by atoms with van der Waals surface area (Å²) in [4.78, 5) is 2.29. The molecule has 0 aliphatic heterocycles. The van der Waals surface area contributed by atoms with E-state index in [1.54, 1.807) is 0 Å². The van der Waals surface area contributed by atoms with Crippen LogP contribution in [0.25, 0.3) is 17.0 Å². The third-order valence-electron chi connectivity index (χ3n) is 4.51. The fraction of sp³-hybridized carbons (Fsp3) is 0.304. The van der Waals surface area contributed by atoms with Crippen molar-refractivity contribution in [3.63, 3.8) is 0 Å². The molecule has 0 fully saturated rings. The van der Waals surface area contributed by atoms with Crippen molar-refractivity contribution in [3.8, 4) is 0 Å². The first-order valence-corrected chi connectivity index (χ1v) is 8.84. The predicted octanol–water partition coefficient (Wildman–Crippen LogP) is 6.30. The van der Waals surface area contributed by atoms with E-state index in [0.717, 1.165) is 18.7 Å². The van der Waals surface area contributed by atoms with Crippen molar-refractivity contribution in [2.45, 2.75) is 32.7 Å². The lowest BCUT2D eigenvalue weighted by molar-refractivity contribution is 0.363. The van der Waals surface area contributed by atoms with Crippen LogP contribution in [-0.4, -0.2) is 18.5 Å². The quantitative estimate of drug-likeness (QED) is 0.524. The largest absolute Gasteiger partial charge is 0.464 e. The first kappa shape index (κ1) is 20.3. The van der Waals surface area contributed by atoms with Gasteiger partial charge in [0.1, 0.15) is 5.58 Å². The van der Waals surface area contributed by atoms with Crippen LogP contribution in [0.5, 0.6) is 0 Å². The normalized spacial score (nSPS) is 12.0.